The lowest BCUT2D eigenvalue weighted by atomic mass is 10.1. The highest BCUT2D eigenvalue weighted by Crippen LogP contribution is 2.23. The molecular weight excluding hydrogens is 348 g/mol. The highest BCUT2D eigenvalue weighted by molar-refractivity contribution is 9.10. The van der Waals surface area contributed by atoms with Crippen LogP contribution in [0, 0.1) is 17.0 Å². The van der Waals surface area contributed by atoms with Crippen molar-refractivity contribution in [1.29, 1.82) is 0 Å². The molecule has 2 aromatic rings. The average Bonchev–Trinajstić information content (AvgIpc) is 2.48. The molecule has 0 saturated heterocycles. The lowest BCUT2D eigenvalue weighted by molar-refractivity contribution is -0.385. The van der Waals surface area contributed by atoms with E-state index in [0.29, 0.717) is 17.7 Å². The maximum absolute atomic E-state index is 12.5. The molecule has 2 rings (SSSR count). The van der Waals surface area contributed by atoms with Gasteiger partial charge in [0.2, 0.25) is 0 Å². The molecule has 22 heavy (non-hydrogen) atoms. The van der Waals surface area contributed by atoms with Gasteiger partial charge in [-0.25, -0.2) is 0 Å². The second-order valence-corrected chi connectivity index (χ2v) is 5.81. The summed E-state index contributed by atoms with van der Waals surface area (Å²) in [4.78, 5) is 24.6. The number of carbonyl (C=O) groups excluding carboxylic acids is 1. The first-order valence-corrected chi connectivity index (χ1v) is 7.44. The summed E-state index contributed by atoms with van der Waals surface area (Å²) < 4.78 is 0.922. The number of amides is 1. The van der Waals surface area contributed by atoms with Crippen LogP contribution < -0.4 is 0 Å². The smallest absolute Gasteiger partial charge is 0.273 e. The molecule has 0 fully saturated rings. The summed E-state index contributed by atoms with van der Waals surface area (Å²) in [7, 11) is 1.68. The quantitative estimate of drug-likeness (QED) is 0.611. The van der Waals surface area contributed by atoms with Gasteiger partial charge < -0.3 is 4.90 Å². The maximum atomic E-state index is 12.5. The van der Waals surface area contributed by atoms with Crippen molar-refractivity contribution < 1.29 is 9.72 Å². The van der Waals surface area contributed by atoms with Gasteiger partial charge in [0.05, 0.1) is 4.92 Å². The van der Waals surface area contributed by atoms with Gasteiger partial charge in [-0.2, -0.15) is 0 Å². The third kappa shape index (κ3) is 3.33. The largest absolute Gasteiger partial charge is 0.337 e. The molecule has 0 bridgehead atoms. The predicted molar refractivity (Wildman–Crippen MR) is 87.8 cm³/mol. The SMILES string of the molecule is Cc1c(C(=O)N(C)Cc2ccccc2Br)cccc1[N+](=O)[O-]. The first-order valence-electron chi connectivity index (χ1n) is 6.64. The Kier molecular flexibility index (Phi) is 4.92. The molecular formula is C16H15BrN2O3. The van der Waals surface area contributed by atoms with Gasteiger partial charge in [-0.15, -0.1) is 0 Å². The number of nitro benzene ring substituents is 1. The number of halogens is 1. The number of rotatable bonds is 4. The summed E-state index contributed by atoms with van der Waals surface area (Å²) in [6, 6.07) is 12.2. The van der Waals surface area contributed by atoms with Crippen molar-refractivity contribution in [2.75, 3.05) is 7.05 Å². The minimum atomic E-state index is -0.472. The Labute approximate surface area is 136 Å². The summed E-state index contributed by atoms with van der Waals surface area (Å²) >= 11 is 3.45. The van der Waals surface area contributed by atoms with Gasteiger partial charge in [-0.05, 0) is 24.6 Å². The first-order chi connectivity index (χ1) is 10.4. The summed E-state index contributed by atoms with van der Waals surface area (Å²) in [5, 5.41) is 11.0. The van der Waals surface area contributed by atoms with Gasteiger partial charge in [0.25, 0.3) is 11.6 Å². The van der Waals surface area contributed by atoms with E-state index < -0.39 is 4.92 Å². The zero-order valence-corrected chi connectivity index (χ0v) is 13.8. The van der Waals surface area contributed by atoms with E-state index in [0.717, 1.165) is 10.0 Å². The molecule has 5 nitrogen and oxygen atoms in total. The van der Waals surface area contributed by atoms with E-state index in [1.165, 1.54) is 12.1 Å². The molecule has 1 amide bonds. The highest BCUT2D eigenvalue weighted by Gasteiger charge is 2.20. The Bertz CT molecular complexity index is 731. The van der Waals surface area contributed by atoms with E-state index in [9.17, 15) is 14.9 Å². The molecule has 6 heteroatoms. The molecule has 0 heterocycles. The molecule has 0 saturated carbocycles. The minimum absolute atomic E-state index is 0.0415. The van der Waals surface area contributed by atoms with Crippen molar-refractivity contribution in [2.24, 2.45) is 0 Å². The molecule has 0 N–H and O–H groups in total. The van der Waals surface area contributed by atoms with Gasteiger partial charge in [0, 0.05) is 35.3 Å². The molecule has 114 valence electrons. The van der Waals surface area contributed by atoms with Gasteiger partial charge >= 0.3 is 0 Å². The number of nitrogens with zero attached hydrogens (tertiary/aromatic N) is 2. The fourth-order valence-electron chi connectivity index (χ4n) is 2.21. The lowest BCUT2D eigenvalue weighted by Crippen LogP contribution is -2.27. The maximum Gasteiger partial charge on any atom is 0.273 e. The lowest BCUT2D eigenvalue weighted by Gasteiger charge is -2.19. The third-order valence-electron chi connectivity index (χ3n) is 3.44. The Morgan fingerprint density at radius 3 is 2.55 bits per heavy atom. The molecule has 0 atom stereocenters. The standard InChI is InChI=1S/C16H15BrN2O3/c1-11-13(7-5-9-15(11)19(21)22)16(20)18(2)10-12-6-3-4-8-14(12)17/h3-9H,10H2,1-2H3. The van der Waals surface area contributed by atoms with E-state index in [2.05, 4.69) is 15.9 Å². The molecule has 0 unspecified atom stereocenters. The van der Waals surface area contributed by atoms with Crippen molar-refractivity contribution in [3.8, 4) is 0 Å². The number of benzene rings is 2. The Morgan fingerprint density at radius 1 is 1.23 bits per heavy atom. The van der Waals surface area contributed by atoms with E-state index >= 15 is 0 Å². The van der Waals surface area contributed by atoms with Gasteiger partial charge in [0.15, 0.2) is 0 Å². The molecule has 0 aliphatic heterocycles. The summed E-state index contributed by atoms with van der Waals surface area (Å²) in [5.41, 5.74) is 1.67. The van der Waals surface area contributed by atoms with E-state index in [4.69, 9.17) is 0 Å². The van der Waals surface area contributed by atoms with Crippen LogP contribution in [-0.2, 0) is 6.54 Å². The molecule has 0 radical (unpaired) electrons. The van der Waals surface area contributed by atoms with Crippen LogP contribution in [0.25, 0.3) is 0 Å². The summed E-state index contributed by atoms with van der Waals surface area (Å²) in [6.07, 6.45) is 0. The van der Waals surface area contributed by atoms with Crippen LogP contribution in [0.3, 0.4) is 0 Å². The average molecular weight is 363 g/mol. The second kappa shape index (κ2) is 6.70. The zero-order chi connectivity index (χ0) is 16.3. The minimum Gasteiger partial charge on any atom is -0.337 e. The van der Waals surface area contributed by atoms with Crippen LogP contribution in [0.4, 0.5) is 5.69 Å². The van der Waals surface area contributed by atoms with Crippen LogP contribution in [0.1, 0.15) is 21.5 Å². The first kappa shape index (κ1) is 16.2. The number of nitro groups is 1. The molecule has 0 aliphatic rings. The van der Waals surface area contributed by atoms with Crippen molar-refractivity contribution in [3.05, 3.63) is 73.7 Å². The molecule has 0 aromatic heterocycles. The van der Waals surface area contributed by atoms with Gasteiger partial charge in [-0.3, -0.25) is 14.9 Å². The van der Waals surface area contributed by atoms with Crippen LogP contribution in [0.15, 0.2) is 46.9 Å². The van der Waals surface area contributed by atoms with Crippen molar-refractivity contribution in [1.82, 2.24) is 4.90 Å². The van der Waals surface area contributed by atoms with Crippen LogP contribution in [-0.4, -0.2) is 22.8 Å². The highest BCUT2D eigenvalue weighted by atomic mass is 79.9. The Morgan fingerprint density at radius 2 is 1.91 bits per heavy atom. The third-order valence-corrected chi connectivity index (χ3v) is 4.22. The number of carbonyl (C=O) groups is 1. The van der Waals surface area contributed by atoms with E-state index in [1.807, 2.05) is 24.3 Å². The monoisotopic (exact) mass is 362 g/mol. The van der Waals surface area contributed by atoms with E-state index in [-0.39, 0.29) is 11.6 Å². The van der Waals surface area contributed by atoms with Crippen molar-refractivity contribution in [2.45, 2.75) is 13.5 Å². The second-order valence-electron chi connectivity index (χ2n) is 4.96. The van der Waals surface area contributed by atoms with E-state index in [1.54, 1.807) is 24.9 Å². The summed E-state index contributed by atoms with van der Waals surface area (Å²) in [6.45, 7) is 2.01. The molecule has 2 aromatic carbocycles. The molecule has 0 spiro atoms. The topological polar surface area (TPSA) is 63.5 Å². The van der Waals surface area contributed by atoms with Crippen LogP contribution >= 0.6 is 15.9 Å². The van der Waals surface area contributed by atoms with Crippen LogP contribution in [0.5, 0.6) is 0 Å². The summed E-state index contributed by atoms with van der Waals surface area (Å²) in [5.74, 6) is -0.239. The number of hydrogen-bond donors (Lipinski definition) is 0. The van der Waals surface area contributed by atoms with Gasteiger partial charge in [-0.1, -0.05) is 40.2 Å². The fourth-order valence-corrected chi connectivity index (χ4v) is 2.62. The molecule has 0 aliphatic carbocycles. The normalized spacial score (nSPS) is 10.3. The van der Waals surface area contributed by atoms with Crippen molar-refractivity contribution >= 4 is 27.5 Å². The predicted octanol–water partition coefficient (Wildman–Crippen LogP) is 3.94. The zero-order valence-electron chi connectivity index (χ0n) is 12.2. The van der Waals surface area contributed by atoms with Crippen molar-refractivity contribution in [3.63, 3.8) is 0 Å². The van der Waals surface area contributed by atoms with Gasteiger partial charge in [0.1, 0.15) is 0 Å². The number of hydrogen-bond acceptors (Lipinski definition) is 3. The Balaban J connectivity index is 2.27. The Hall–Kier alpha value is -2.21. The fraction of sp³-hybridized carbons (Fsp3) is 0.188. The van der Waals surface area contributed by atoms with Crippen LogP contribution in [0.2, 0.25) is 0 Å².